The summed E-state index contributed by atoms with van der Waals surface area (Å²) in [5.74, 6) is -0.400. The lowest BCUT2D eigenvalue weighted by Gasteiger charge is -2.23. The number of benzene rings is 3. The highest BCUT2D eigenvalue weighted by Gasteiger charge is 2.48. The Morgan fingerprint density at radius 2 is 1.61 bits per heavy atom. The molecule has 5 aromatic rings. The standard InChI is InChI=1S/C33H26N4O5S2/c1-41-26-18-24(12-13-25(26)42-19-21-8-4-2-5-9-21)28-27(29(38)23-14-16-34-17-15-23)30(39)31(40)37(28)32-35-36-33(44-32)43-20-22-10-6-3-7-11-22/h2-18,28,38H,19-20H2,1H3. The van der Waals surface area contributed by atoms with Crippen LogP contribution >= 0.6 is 23.1 Å². The van der Waals surface area contributed by atoms with Crippen LogP contribution in [0, 0.1) is 0 Å². The third-order valence-corrected chi connectivity index (χ3v) is 9.07. The number of ketones is 1. The molecular formula is C33H26N4O5S2. The predicted molar refractivity (Wildman–Crippen MR) is 169 cm³/mol. The van der Waals surface area contributed by atoms with Crippen molar-refractivity contribution in [1.29, 1.82) is 0 Å². The van der Waals surface area contributed by atoms with Crippen molar-refractivity contribution in [3.05, 3.63) is 131 Å². The van der Waals surface area contributed by atoms with Crippen LogP contribution in [0.2, 0.25) is 0 Å². The van der Waals surface area contributed by atoms with E-state index in [2.05, 4.69) is 15.2 Å². The van der Waals surface area contributed by atoms with Crippen molar-refractivity contribution in [2.24, 2.45) is 0 Å². The Morgan fingerprint density at radius 3 is 2.32 bits per heavy atom. The number of Topliss-reactive ketones (excluding diaryl/α,β-unsaturated/α-hetero) is 1. The summed E-state index contributed by atoms with van der Waals surface area (Å²) in [6, 6.07) is 27.0. The van der Waals surface area contributed by atoms with E-state index >= 15 is 0 Å². The maximum Gasteiger partial charge on any atom is 0.301 e. The Kier molecular flexibility index (Phi) is 8.67. The topological polar surface area (TPSA) is 115 Å². The predicted octanol–water partition coefficient (Wildman–Crippen LogP) is 6.44. The molecule has 1 aliphatic rings. The van der Waals surface area contributed by atoms with Crippen molar-refractivity contribution in [3.8, 4) is 11.5 Å². The quantitative estimate of drug-likeness (QED) is 0.0618. The van der Waals surface area contributed by atoms with Crippen molar-refractivity contribution in [3.63, 3.8) is 0 Å². The lowest BCUT2D eigenvalue weighted by Crippen LogP contribution is -2.29. The number of rotatable bonds is 10. The average Bonchev–Trinajstić information content (AvgIpc) is 3.65. The molecule has 1 aliphatic heterocycles. The van der Waals surface area contributed by atoms with Crippen LogP contribution in [-0.2, 0) is 21.9 Å². The molecule has 0 spiro atoms. The van der Waals surface area contributed by atoms with Gasteiger partial charge in [0.1, 0.15) is 12.4 Å². The van der Waals surface area contributed by atoms with Crippen LogP contribution in [0.5, 0.6) is 11.5 Å². The molecule has 1 saturated heterocycles. The number of anilines is 1. The number of aliphatic hydroxyl groups excluding tert-OH is 1. The number of nitrogens with zero attached hydrogens (tertiary/aromatic N) is 4. The van der Waals surface area contributed by atoms with E-state index in [4.69, 9.17) is 9.47 Å². The number of amides is 1. The first-order valence-electron chi connectivity index (χ1n) is 13.6. The first-order valence-corrected chi connectivity index (χ1v) is 15.4. The number of aromatic nitrogens is 3. The summed E-state index contributed by atoms with van der Waals surface area (Å²) in [6.07, 6.45) is 3.01. The van der Waals surface area contributed by atoms with Gasteiger partial charge in [-0.25, -0.2) is 0 Å². The minimum Gasteiger partial charge on any atom is -0.507 e. The molecule has 9 nitrogen and oxygen atoms in total. The number of aliphatic hydroxyl groups is 1. The summed E-state index contributed by atoms with van der Waals surface area (Å²) < 4.78 is 12.3. The van der Waals surface area contributed by atoms with Gasteiger partial charge >= 0.3 is 5.91 Å². The van der Waals surface area contributed by atoms with Gasteiger partial charge in [-0.1, -0.05) is 89.8 Å². The second-order valence-electron chi connectivity index (χ2n) is 9.71. The number of hydrogen-bond acceptors (Lipinski definition) is 10. The second-order valence-corrected chi connectivity index (χ2v) is 11.9. The fourth-order valence-electron chi connectivity index (χ4n) is 4.80. The average molecular weight is 623 g/mol. The Hall–Kier alpha value is -5.00. The van der Waals surface area contributed by atoms with Crippen LogP contribution in [0.25, 0.3) is 5.76 Å². The third kappa shape index (κ3) is 6.05. The Bertz CT molecular complexity index is 1810. The van der Waals surface area contributed by atoms with E-state index in [-0.39, 0.29) is 16.5 Å². The van der Waals surface area contributed by atoms with Gasteiger partial charge < -0.3 is 14.6 Å². The summed E-state index contributed by atoms with van der Waals surface area (Å²) in [4.78, 5) is 32.4. The molecule has 0 radical (unpaired) electrons. The van der Waals surface area contributed by atoms with E-state index in [0.29, 0.717) is 39.3 Å². The van der Waals surface area contributed by atoms with E-state index in [1.165, 1.54) is 47.5 Å². The Labute approximate surface area is 261 Å². The van der Waals surface area contributed by atoms with Gasteiger partial charge in [0.2, 0.25) is 5.13 Å². The van der Waals surface area contributed by atoms with Crippen molar-refractivity contribution in [2.45, 2.75) is 22.7 Å². The van der Waals surface area contributed by atoms with Crippen molar-refractivity contribution in [2.75, 3.05) is 12.0 Å². The van der Waals surface area contributed by atoms with Gasteiger partial charge in [-0.15, -0.1) is 10.2 Å². The molecule has 0 saturated carbocycles. The number of carbonyl (C=O) groups excluding carboxylic acids is 2. The summed E-state index contributed by atoms with van der Waals surface area (Å²) in [5, 5.41) is 20.2. The second kappa shape index (κ2) is 13.1. The van der Waals surface area contributed by atoms with E-state index in [9.17, 15) is 14.7 Å². The van der Waals surface area contributed by atoms with Crippen molar-refractivity contribution in [1.82, 2.24) is 15.2 Å². The molecule has 0 aliphatic carbocycles. The largest absolute Gasteiger partial charge is 0.507 e. The summed E-state index contributed by atoms with van der Waals surface area (Å²) in [5.41, 5.74) is 2.91. The van der Waals surface area contributed by atoms with E-state index in [0.717, 1.165) is 11.1 Å². The zero-order chi connectivity index (χ0) is 30.5. The van der Waals surface area contributed by atoms with Crippen LogP contribution in [0.15, 0.2) is 113 Å². The molecule has 0 bridgehead atoms. The number of hydrogen-bond donors (Lipinski definition) is 1. The minimum atomic E-state index is -1.000. The zero-order valence-corrected chi connectivity index (χ0v) is 25.1. The minimum absolute atomic E-state index is 0.0742. The molecule has 1 amide bonds. The van der Waals surface area contributed by atoms with Crippen LogP contribution in [0.3, 0.4) is 0 Å². The number of methoxy groups -OCH3 is 1. The van der Waals surface area contributed by atoms with Gasteiger partial charge in [-0.3, -0.25) is 19.5 Å². The molecule has 220 valence electrons. The van der Waals surface area contributed by atoms with Gasteiger partial charge in [0.05, 0.1) is 18.7 Å². The van der Waals surface area contributed by atoms with Crippen LogP contribution in [-0.4, -0.2) is 39.1 Å². The molecule has 11 heteroatoms. The number of pyridine rings is 1. The van der Waals surface area contributed by atoms with Crippen LogP contribution in [0.1, 0.15) is 28.3 Å². The smallest absolute Gasteiger partial charge is 0.301 e. The summed E-state index contributed by atoms with van der Waals surface area (Å²) in [7, 11) is 1.52. The molecule has 3 heterocycles. The van der Waals surface area contributed by atoms with Gasteiger partial charge in [0, 0.05) is 23.7 Å². The van der Waals surface area contributed by atoms with Gasteiger partial charge in [0.25, 0.3) is 5.78 Å². The summed E-state index contributed by atoms with van der Waals surface area (Å²) in [6.45, 7) is 0.325. The van der Waals surface area contributed by atoms with E-state index in [1.807, 2.05) is 60.7 Å². The number of carbonyl (C=O) groups is 2. The van der Waals surface area contributed by atoms with Crippen LogP contribution in [0.4, 0.5) is 5.13 Å². The molecule has 1 unspecified atom stereocenters. The van der Waals surface area contributed by atoms with Gasteiger partial charge in [0.15, 0.2) is 15.8 Å². The van der Waals surface area contributed by atoms with E-state index < -0.39 is 17.7 Å². The first kappa shape index (κ1) is 29.1. The molecule has 1 N–H and O–H groups in total. The zero-order valence-electron chi connectivity index (χ0n) is 23.5. The van der Waals surface area contributed by atoms with Gasteiger partial charge in [-0.2, -0.15) is 0 Å². The highest BCUT2D eigenvalue weighted by atomic mass is 32.2. The lowest BCUT2D eigenvalue weighted by molar-refractivity contribution is -0.132. The summed E-state index contributed by atoms with van der Waals surface area (Å²) >= 11 is 2.69. The maximum atomic E-state index is 13.6. The molecule has 6 rings (SSSR count). The fraction of sp³-hybridized carbons (Fsp3) is 0.121. The Morgan fingerprint density at radius 1 is 0.909 bits per heavy atom. The first-order chi connectivity index (χ1) is 21.5. The van der Waals surface area contributed by atoms with Crippen LogP contribution < -0.4 is 14.4 Å². The monoisotopic (exact) mass is 622 g/mol. The lowest BCUT2D eigenvalue weighted by atomic mass is 9.95. The molecular weight excluding hydrogens is 597 g/mol. The molecule has 44 heavy (non-hydrogen) atoms. The van der Waals surface area contributed by atoms with E-state index in [1.54, 1.807) is 30.3 Å². The number of ether oxygens (including phenoxy) is 2. The maximum absolute atomic E-state index is 13.6. The molecule has 2 aromatic heterocycles. The van der Waals surface area contributed by atoms with Crippen molar-refractivity contribution < 1.29 is 24.2 Å². The molecule has 3 aromatic carbocycles. The van der Waals surface area contributed by atoms with Crippen molar-refractivity contribution >= 4 is 45.7 Å². The normalized spacial score (nSPS) is 15.8. The highest BCUT2D eigenvalue weighted by molar-refractivity contribution is 8.00. The third-order valence-electron chi connectivity index (χ3n) is 6.95. The number of thioether (sulfide) groups is 1. The fourth-order valence-corrected chi connectivity index (χ4v) is 6.62. The Balaban J connectivity index is 1.38. The highest BCUT2D eigenvalue weighted by Crippen LogP contribution is 2.45. The molecule has 1 fully saturated rings. The SMILES string of the molecule is COc1cc(C2C(=C(O)c3ccncc3)C(=O)C(=O)N2c2nnc(SCc3ccccc3)s2)ccc1OCc1ccccc1. The van der Waals surface area contributed by atoms with Gasteiger partial charge in [-0.05, 0) is 41.0 Å². The molecule has 1 atom stereocenters.